The molecule has 2 aromatic carbocycles. The Morgan fingerprint density at radius 1 is 1.09 bits per heavy atom. The summed E-state index contributed by atoms with van der Waals surface area (Å²) < 4.78 is 31.7. The fourth-order valence-electron chi connectivity index (χ4n) is 3.80. The molecule has 0 radical (unpaired) electrons. The summed E-state index contributed by atoms with van der Waals surface area (Å²) in [5, 5.41) is 6.86. The monoisotopic (exact) mass is 455 g/mol. The molecule has 1 amide bonds. The van der Waals surface area contributed by atoms with Crippen molar-refractivity contribution in [3.63, 3.8) is 0 Å². The number of amides is 1. The normalized spacial score (nSPS) is 14.5. The van der Waals surface area contributed by atoms with Gasteiger partial charge in [-0.3, -0.25) is 9.69 Å². The van der Waals surface area contributed by atoms with Gasteiger partial charge in [-0.15, -0.1) is 0 Å². The molecule has 1 N–H and O–H groups in total. The summed E-state index contributed by atoms with van der Waals surface area (Å²) >= 11 is 0. The minimum absolute atomic E-state index is 0.0719. The van der Waals surface area contributed by atoms with Gasteiger partial charge in [0.05, 0.1) is 0 Å². The minimum Gasteiger partial charge on any atom is -0.369 e. The molecule has 4 rings (SSSR count). The number of rotatable bonds is 8. The zero-order valence-electron chi connectivity index (χ0n) is 18.6. The van der Waals surface area contributed by atoms with Crippen LogP contribution in [0.2, 0.25) is 0 Å². The standard InChI is InChI=1S/C24H27F2N5O2/c1-17-16-18(2-7-21(17)26)24-28-23(33-29-24)9-8-22(32)27-10-11-30-12-14-31(15-13-30)20-5-3-19(25)4-6-20/h2-7,16H,8-15H2,1H3,(H,27,32). The van der Waals surface area contributed by atoms with Crippen LogP contribution in [0.15, 0.2) is 47.0 Å². The third-order valence-electron chi connectivity index (χ3n) is 5.76. The van der Waals surface area contributed by atoms with E-state index in [0.717, 1.165) is 38.4 Å². The average molecular weight is 456 g/mol. The van der Waals surface area contributed by atoms with Crippen LogP contribution in [0.3, 0.4) is 0 Å². The van der Waals surface area contributed by atoms with E-state index in [0.29, 0.717) is 35.8 Å². The highest BCUT2D eigenvalue weighted by molar-refractivity contribution is 5.76. The molecule has 0 saturated carbocycles. The van der Waals surface area contributed by atoms with E-state index in [1.165, 1.54) is 18.2 Å². The first-order chi connectivity index (χ1) is 16.0. The number of nitrogens with one attached hydrogen (secondary N) is 1. The lowest BCUT2D eigenvalue weighted by Crippen LogP contribution is -2.48. The van der Waals surface area contributed by atoms with Crippen molar-refractivity contribution in [1.82, 2.24) is 20.4 Å². The van der Waals surface area contributed by atoms with E-state index in [-0.39, 0.29) is 24.0 Å². The second-order valence-corrected chi connectivity index (χ2v) is 8.13. The number of aryl methyl sites for hydroxylation is 2. The first-order valence-electron chi connectivity index (χ1n) is 11.1. The number of piperazine rings is 1. The van der Waals surface area contributed by atoms with Crippen LogP contribution in [-0.2, 0) is 11.2 Å². The minimum atomic E-state index is -0.283. The fraction of sp³-hybridized carbons (Fsp3) is 0.375. The number of benzene rings is 2. The quantitative estimate of drug-likeness (QED) is 0.562. The van der Waals surface area contributed by atoms with Crippen molar-refractivity contribution in [2.24, 2.45) is 0 Å². The van der Waals surface area contributed by atoms with E-state index in [1.54, 1.807) is 31.2 Å². The van der Waals surface area contributed by atoms with Crippen LogP contribution in [0.5, 0.6) is 0 Å². The van der Waals surface area contributed by atoms with Gasteiger partial charge in [0.1, 0.15) is 11.6 Å². The maximum absolute atomic E-state index is 13.4. The Kier molecular flexibility index (Phi) is 7.29. The van der Waals surface area contributed by atoms with E-state index >= 15 is 0 Å². The first-order valence-corrected chi connectivity index (χ1v) is 11.1. The lowest BCUT2D eigenvalue weighted by Gasteiger charge is -2.36. The Labute approximate surface area is 191 Å². The van der Waals surface area contributed by atoms with E-state index in [2.05, 4.69) is 25.3 Å². The Morgan fingerprint density at radius 3 is 2.58 bits per heavy atom. The summed E-state index contributed by atoms with van der Waals surface area (Å²) in [6.07, 6.45) is 0.595. The second-order valence-electron chi connectivity index (χ2n) is 8.13. The first kappa shape index (κ1) is 22.8. The van der Waals surface area contributed by atoms with Gasteiger partial charge in [0.15, 0.2) is 0 Å². The highest BCUT2D eigenvalue weighted by Crippen LogP contribution is 2.19. The topological polar surface area (TPSA) is 74.5 Å². The number of aromatic nitrogens is 2. The van der Waals surface area contributed by atoms with Gasteiger partial charge in [-0.1, -0.05) is 5.16 Å². The Hall–Kier alpha value is -3.33. The molecule has 1 aliphatic rings. The maximum atomic E-state index is 13.4. The third-order valence-corrected chi connectivity index (χ3v) is 5.76. The molecule has 1 saturated heterocycles. The molecule has 0 bridgehead atoms. The molecule has 7 nitrogen and oxygen atoms in total. The fourth-order valence-corrected chi connectivity index (χ4v) is 3.80. The zero-order valence-corrected chi connectivity index (χ0v) is 18.6. The molecule has 0 aliphatic carbocycles. The van der Waals surface area contributed by atoms with Crippen LogP contribution in [0.25, 0.3) is 11.4 Å². The van der Waals surface area contributed by atoms with Gasteiger partial charge in [0, 0.05) is 63.4 Å². The van der Waals surface area contributed by atoms with Crippen molar-refractivity contribution in [2.45, 2.75) is 19.8 Å². The molecule has 1 aromatic heterocycles. The highest BCUT2D eigenvalue weighted by atomic mass is 19.1. The number of hydrogen-bond acceptors (Lipinski definition) is 6. The molecule has 2 heterocycles. The van der Waals surface area contributed by atoms with Crippen LogP contribution in [0, 0.1) is 18.6 Å². The molecular formula is C24H27F2N5O2. The van der Waals surface area contributed by atoms with Crippen molar-refractivity contribution >= 4 is 11.6 Å². The lowest BCUT2D eigenvalue weighted by atomic mass is 10.1. The molecule has 1 fully saturated rings. The predicted octanol–water partition coefficient (Wildman–Crippen LogP) is 3.19. The largest absolute Gasteiger partial charge is 0.369 e. The number of anilines is 1. The smallest absolute Gasteiger partial charge is 0.227 e. The molecule has 174 valence electrons. The van der Waals surface area contributed by atoms with Gasteiger partial charge in [-0.05, 0) is 55.0 Å². The van der Waals surface area contributed by atoms with Crippen molar-refractivity contribution in [2.75, 3.05) is 44.2 Å². The van der Waals surface area contributed by atoms with Crippen molar-refractivity contribution in [3.8, 4) is 11.4 Å². The van der Waals surface area contributed by atoms with Gasteiger partial charge in [-0.2, -0.15) is 4.98 Å². The van der Waals surface area contributed by atoms with Crippen molar-refractivity contribution in [1.29, 1.82) is 0 Å². The van der Waals surface area contributed by atoms with Crippen molar-refractivity contribution in [3.05, 3.63) is 65.6 Å². The van der Waals surface area contributed by atoms with Crippen LogP contribution in [-0.4, -0.2) is 60.2 Å². The second kappa shape index (κ2) is 10.5. The summed E-state index contributed by atoms with van der Waals surface area (Å²) in [4.78, 5) is 21.0. The molecule has 1 aliphatic heterocycles. The van der Waals surface area contributed by atoms with Crippen LogP contribution < -0.4 is 10.2 Å². The summed E-state index contributed by atoms with van der Waals surface area (Å²) in [6, 6.07) is 11.2. The van der Waals surface area contributed by atoms with E-state index in [4.69, 9.17) is 4.52 Å². The van der Waals surface area contributed by atoms with Crippen LogP contribution in [0.1, 0.15) is 17.9 Å². The summed E-state index contributed by atoms with van der Waals surface area (Å²) in [5.74, 6) is 0.175. The average Bonchev–Trinajstić information content (AvgIpc) is 3.30. The van der Waals surface area contributed by atoms with Crippen LogP contribution in [0.4, 0.5) is 14.5 Å². The van der Waals surface area contributed by atoms with Gasteiger partial charge >= 0.3 is 0 Å². The zero-order chi connectivity index (χ0) is 23.2. The number of hydrogen-bond donors (Lipinski definition) is 1. The van der Waals surface area contributed by atoms with E-state index in [9.17, 15) is 13.6 Å². The lowest BCUT2D eigenvalue weighted by molar-refractivity contribution is -0.121. The molecule has 0 atom stereocenters. The SMILES string of the molecule is Cc1cc(-c2noc(CCC(=O)NCCN3CCN(c4ccc(F)cc4)CC3)n2)ccc1F. The van der Waals surface area contributed by atoms with Crippen molar-refractivity contribution < 1.29 is 18.1 Å². The Morgan fingerprint density at radius 2 is 1.85 bits per heavy atom. The molecule has 9 heteroatoms. The molecular weight excluding hydrogens is 428 g/mol. The predicted molar refractivity (Wildman–Crippen MR) is 121 cm³/mol. The summed E-state index contributed by atoms with van der Waals surface area (Å²) in [7, 11) is 0. The number of carbonyl (C=O) groups is 1. The van der Waals surface area contributed by atoms with Gasteiger partial charge in [0.25, 0.3) is 0 Å². The van der Waals surface area contributed by atoms with Gasteiger partial charge in [0.2, 0.25) is 17.6 Å². The Bertz CT molecular complexity index is 1080. The summed E-state index contributed by atoms with van der Waals surface area (Å²) in [6.45, 7) is 6.54. The maximum Gasteiger partial charge on any atom is 0.227 e. The number of nitrogens with zero attached hydrogens (tertiary/aromatic N) is 4. The molecule has 0 spiro atoms. The van der Waals surface area contributed by atoms with E-state index in [1.807, 2.05) is 0 Å². The molecule has 33 heavy (non-hydrogen) atoms. The van der Waals surface area contributed by atoms with Gasteiger partial charge in [-0.25, -0.2) is 8.78 Å². The summed E-state index contributed by atoms with van der Waals surface area (Å²) in [5.41, 5.74) is 2.21. The Balaban J connectivity index is 1.15. The van der Waals surface area contributed by atoms with Gasteiger partial charge < -0.3 is 14.7 Å². The third kappa shape index (κ3) is 6.13. The highest BCUT2D eigenvalue weighted by Gasteiger charge is 2.17. The molecule has 0 unspecified atom stereocenters. The molecule has 3 aromatic rings. The van der Waals surface area contributed by atoms with E-state index < -0.39 is 0 Å². The number of halogens is 2. The van der Waals surface area contributed by atoms with Crippen LogP contribution >= 0.6 is 0 Å². The number of carbonyl (C=O) groups excluding carboxylic acids is 1.